The second-order valence-electron chi connectivity index (χ2n) is 8.52. The number of aromatic nitrogens is 1. The highest BCUT2D eigenvalue weighted by Crippen LogP contribution is 2.26. The van der Waals surface area contributed by atoms with Crippen molar-refractivity contribution in [1.82, 2.24) is 20.1 Å². The number of thiazole rings is 1. The summed E-state index contributed by atoms with van der Waals surface area (Å²) in [4.78, 5) is 34.7. The van der Waals surface area contributed by atoms with Crippen LogP contribution in [-0.4, -0.2) is 65.6 Å². The lowest BCUT2D eigenvalue weighted by molar-refractivity contribution is 0.0502. The van der Waals surface area contributed by atoms with Gasteiger partial charge in [-0.05, 0) is 46.6 Å². The molecule has 8 heteroatoms. The first-order valence-electron chi connectivity index (χ1n) is 9.64. The van der Waals surface area contributed by atoms with Crippen molar-refractivity contribution in [2.45, 2.75) is 52.2 Å². The van der Waals surface area contributed by atoms with Gasteiger partial charge in [-0.15, -0.1) is 11.3 Å². The largest absolute Gasteiger partial charge is 0.444 e. The van der Waals surface area contributed by atoms with Crippen molar-refractivity contribution in [3.8, 4) is 0 Å². The number of piperidine rings is 1. The summed E-state index contributed by atoms with van der Waals surface area (Å²) >= 11 is 1.53. The average Bonchev–Trinajstić information content (AvgIpc) is 3.01. The number of hydrogen-bond donors (Lipinski definition) is 1. The minimum atomic E-state index is -0.503. The fourth-order valence-corrected chi connectivity index (χ4v) is 4.66. The highest BCUT2D eigenvalue weighted by atomic mass is 32.1. The van der Waals surface area contributed by atoms with E-state index in [1.54, 1.807) is 0 Å². The zero-order valence-electron chi connectivity index (χ0n) is 16.7. The summed E-state index contributed by atoms with van der Waals surface area (Å²) in [7, 11) is 2.09. The van der Waals surface area contributed by atoms with Crippen molar-refractivity contribution < 1.29 is 14.3 Å². The minimum absolute atomic E-state index is 0.0269. The molecule has 1 N–H and O–H groups in total. The van der Waals surface area contributed by atoms with E-state index in [2.05, 4.69) is 22.2 Å². The van der Waals surface area contributed by atoms with Gasteiger partial charge in [-0.2, -0.15) is 0 Å². The molecule has 0 aromatic carbocycles. The lowest BCUT2D eigenvalue weighted by Gasteiger charge is -2.32. The number of likely N-dealkylation sites (tertiary alicyclic amines) is 1. The van der Waals surface area contributed by atoms with Crippen molar-refractivity contribution in [2.75, 3.05) is 33.2 Å². The Hall–Kier alpha value is -1.67. The van der Waals surface area contributed by atoms with Crippen LogP contribution in [0.3, 0.4) is 0 Å². The molecule has 0 radical (unpaired) electrons. The molecule has 1 aromatic heterocycles. The smallest absolute Gasteiger partial charge is 0.407 e. The maximum absolute atomic E-state index is 12.9. The Morgan fingerprint density at radius 1 is 1.33 bits per heavy atom. The normalized spacial score (nSPS) is 20.9. The Labute approximate surface area is 165 Å². The van der Waals surface area contributed by atoms with Crippen molar-refractivity contribution in [1.29, 1.82) is 0 Å². The molecular weight excluding hydrogens is 364 g/mol. The number of alkyl carbamates (subject to hydrolysis) is 1. The van der Waals surface area contributed by atoms with E-state index in [-0.39, 0.29) is 11.8 Å². The summed E-state index contributed by atoms with van der Waals surface area (Å²) in [5, 5.41) is 3.44. The van der Waals surface area contributed by atoms with Gasteiger partial charge in [0.2, 0.25) is 0 Å². The van der Waals surface area contributed by atoms with Crippen molar-refractivity contribution >= 4 is 23.3 Å². The molecule has 1 unspecified atom stereocenters. The van der Waals surface area contributed by atoms with Gasteiger partial charge in [0.05, 0.1) is 5.69 Å². The van der Waals surface area contributed by atoms with Crippen LogP contribution in [-0.2, 0) is 17.7 Å². The third-order valence-corrected chi connectivity index (χ3v) is 5.92. The molecule has 7 nitrogen and oxygen atoms in total. The monoisotopic (exact) mass is 394 g/mol. The van der Waals surface area contributed by atoms with Crippen LogP contribution >= 0.6 is 11.3 Å². The number of rotatable bonds is 3. The Kier molecular flexibility index (Phi) is 6.05. The second kappa shape index (κ2) is 8.14. The van der Waals surface area contributed by atoms with Crippen molar-refractivity contribution in [3.63, 3.8) is 0 Å². The van der Waals surface area contributed by atoms with Gasteiger partial charge >= 0.3 is 6.09 Å². The van der Waals surface area contributed by atoms with Gasteiger partial charge < -0.3 is 19.9 Å². The third-order valence-electron chi connectivity index (χ3n) is 4.85. The number of ether oxygens (including phenoxy) is 1. The SMILES string of the molecule is CN1CCc2nc(C(=O)N3CCCC(CNC(=O)OC(C)(C)C)C3)sc2C1. The fraction of sp³-hybridized carbons (Fsp3) is 0.737. The Morgan fingerprint density at radius 2 is 2.11 bits per heavy atom. The van der Waals surface area contributed by atoms with E-state index in [9.17, 15) is 9.59 Å². The molecule has 0 spiro atoms. The van der Waals surface area contributed by atoms with Crippen LogP contribution in [0.25, 0.3) is 0 Å². The first kappa shape index (κ1) is 20.1. The van der Waals surface area contributed by atoms with E-state index in [0.29, 0.717) is 18.1 Å². The van der Waals surface area contributed by atoms with E-state index in [1.807, 2.05) is 25.7 Å². The summed E-state index contributed by atoms with van der Waals surface area (Å²) in [6.07, 6.45) is 2.46. The number of fused-ring (bicyclic) bond motifs is 1. The molecular formula is C19H30N4O3S. The zero-order valence-corrected chi connectivity index (χ0v) is 17.5. The summed E-state index contributed by atoms with van der Waals surface area (Å²) < 4.78 is 5.28. The van der Waals surface area contributed by atoms with Crippen LogP contribution < -0.4 is 5.32 Å². The number of amides is 2. The molecule has 1 aromatic rings. The van der Waals surface area contributed by atoms with Crippen molar-refractivity contribution in [3.05, 3.63) is 15.6 Å². The number of hydrogen-bond acceptors (Lipinski definition) is 6. The molecule has 2 aliphatic heterocycles. The van der Waals surface area contributed by atoms with Crippen molar-refractivity contribution in [2.24, 2.45) is 5.92 Å². The summed E-state index contributed by atoms with van der Waals surface area (Å²) in [5.74, 6) is 0.273. The number of nitrogens with zero attached hydrogens (tertiary/aromatic N) is 3. The molecule has 1 fully saturated rings. The van der Waals surface area contributed by atoms with E-state index < -0.39 is 11.7 Å². The van der Waals surface area contributed by atoms with E-state index in [0.717, 1.165) is 44.6 Å². The number of carbonyl (C=O) groups excluding carboxylic acids is 2. The molecule has 150 valence electrons. The van der Waals surface area contributed by atoms with E-state index in [4.69, 9.17) is 4.74 Å². The summed E-state index contributed by atoms with van der Waals surface area (Å²) in [5.41, 5.74) is 0.582. The molecule has 2 amide bonds. The van der Waals surface area contributed by atoms with Gasteiger partial charge in [0, 0.05) is 44.0 Å². The molecule has 3 rings (SSSR count). The molecule has 0 bridgehead atoms. The van der Waals surface area contributed by atoms with Crippen LogP contribution in [0, 0.1) is 5.92 Å². The molecule has 1 atom stereocenters. The molecule has 27 heavy (non-hydrogen) atoms. The molecule has 1 saturated heterocycles. The highest BCUT2D eigenvalue weighted by Gasteiger charge is 2.29. The average molecular weight is 395 g/mol. The molecule has 3 heterocycles. The van der Waals surface area contributed by atoms with Crippen LogP contribution in [0.5, 0.6) is 0 Å². The third kappa shape index (κ3) is 5.42. The number of carbonyl (C=O) groups is 2. The minimum Gasteiger partial charge on any atom is -0.444 e. The van der Waals surface area contributed by atoms with Gasteiger partial charge in [0.25, 0.3) is 5.91 Å². The highest BCUT2D eigenvalue weighted by molar-refractivity contribution is 7.13. The number of likely N-dealkylation sites (N-methyl/N-ethyl adjacent to an activating group) is 1. The molecule has 0 saturated carbocycles. The summed E-state index contributed by atoms with van der Waals surface area (Å²) in [6.45, 7) is 9.34. The van der Waals surface area contributed by atoms with E-state index in [1.165, 1.54) is 16.2 Å². The van der Waals surface area contributed by atoms with Gasteiger partial charge in [-0.1, -0.05) is 0 Å². The first-order chi connectivity index (χ1) is 12.7. The maximum Gasteiger partial charge on any atom is 0.407 e. The predicted molar refractivity (Wildman–Crippen MR) is 105 cm³/mol. The summed E-state index contributed by atoms with van der Waals surface area (Å²) in [6, 6.07) is 0. The lowest BCUT2D eigenvalue weighted by atomic mass is 9.98. The lowest BCUT2D eigenvalue weighted by Crippen LogP contribution is -2.44. The topological polar surface area (TPSA) is 74.8 Å². The molecule has 0 aliphatic carbocycles. The quantitative estimate of drug-likeness (QED) is 0.853. The van der Waals surface area contributed by atoms with Gasteiger partial charge in [0.15, 0.2) is 5.01 Å². The first-order valence-corrected chi connectivity index (χ1v) is 10.5. The Morgan fingerprint density at radius 3 is 2.85 bits per heavy atom. The molecule has 2 aliphatic rings. The van der Waals surface area contributed by atoms with Crippen LogP contribution in [0.15, 0.2) is 0 Å². The number of nitrogens with one attached hydrogen (secondary N) is 1. The Balaban J connectivity index is 1.55. The predicted octanol–water partition coefficient (Wildman–Crippen LogP) is 2.51. The van der Waals surface area contributed by atoms with Crippen LogP contribution in [0.4, 0.5) is 4.79 Å². The van der Waals surface area contributed by atoms with Crippen LogP contribution in [0.2, 0.25) is 0 Å². The van der Waals surface area contributed by atoms with Gasteiger partial charge in [0.1, 0.15) is 5.60 Å². The Bertz CT molecular complexity index is 698. The van der Waals surface area contributed by atoms with E-state index >= 15 is 0 Å². The van der Waals surface area contributed by atoms with Gasteiger partial charge in [-0.25, -0.2) is 9.78 Å². The maximum atomic E-state index is 12.9. The van der Waals surface area contributed by atoms with Crippen LogP contribution in [0.1, 0.15) is 54.0 Å². The second-order valence-corrected chi connectivity index (χ2v) is 9.60. The van der Waals surface area contributed by atoms with Gasteiger partial charge in [-0.3, -0.25) is 4.79 Å². The standard InChI is InChI=1S/C19H30N4O3S/c1-19(2,3)26-18(25)20-10-13-6-5-8-23(11-13)17(24)16-21-14-7-9-22(4)12-15(14)27-16/h13H,5-12H2,1-4H3,(H,20,25). The fourth-order valence-electron chi connectivity index (χ4n) is 3.51. The zero-order chi connectivity index (χ0) is 19.6.